The van der Waals surface area contributed by atoms with Gasteiger partial charge in [0.25, 0.3) is 11.8 Å². The van der Waals surface area contributed by atoms with E-state index < -0.39 is 0 Å². The zero-order chi connectivity index (χ0) is 17.4. The quantitative estimate of drug-likeness (QED) is 0.819. The lowest BCUT2D eigenvalue weighted by atomic mass is 10.1. The Kier molecular flexibility index (Phi) is 6.42. The van der Waals surface area contributed by atoms with Gasteiger partial charge in [0.15, 0.2) is 0 Å². The van der Waals surface area contributed by atoms with Gasteiger partial charge < -0.3 is 10.6 Å². The smallest absolute Gasteiger partial charge is 0.269 e. The van der Waals surface area contributed by atoms with Crippen LogP contribution in [0.3, 0.4) is 0 Å². The van der Waals surface area contributed by atoms with Gasteiger partial charge in [-0.3, -0.25) is 14.6 Å². The Hall–Kier alpha value is -2.76. The van der Waals surface area contributed by atoms with Crippen molar-refractivity contribution in [3.63, 3.8) is 0 Å². The van der Waals surface area contributed by atoms with E-state index >= 15 is 0 Å². The standard InChI is InChI=1S/C18H20FN3O2/c1-2-9-21-18(24)16-12-14(8-11-20-16)17(23)22-10-7-13-3-5-15(19)6-4-13/h3-6,8,11-12H,2,7,9-10H2,1H3,(H,21,24)(H,22,23). The van der Waals surface area contributed by atoms with Crippen molar-refractivity contribution in [2.24, 2.45) is 0 Å². The van der Waals surface area contributed by atoms with Crippen molar-refractivity contribution in [2.45, 2.75) is 19.8 Å². The third kappa shape index (κ3) is 5.15. The lowest BCUT2D eigenvalue weighted by molar-refractivity contribution is 0.0948. The number of amides is 2. The summed E-state index contributed by atoms with van der Waals surface area (Å²) in [6.45, 7) is 2.94. The summed E-state index contributed by atoms with van der Waals surface area (Å²) in [6.07, 6.45) is 2.87. The van der Waals surface area contributed by atoms with Crippen LogP contribution in [-0.2, 0) is 6.42 Å². The fourth-order valence-corrected chi connectivity index (χ4v) is 2.10. The first-order valence-electron chi connectivity index (χ1n) is 7.87. The molecule has 1 aromatic heterocycles. The molecule has 2 amide bonds. The molecule has 0 spiro atoms. The fraction of sp³-hybridized carbons (Fsp3) is 0.278. The van der Waals surface area contributed by atoms with Gasteiger partial charge in [-0.05, 0) is 42.7 Å². The molecule has 1 heterocycles. The van der Waals surface area contributed by atoms with Gasteiger partial charge in [-0.25, -0.2) is 4.39 Å². The number of pyridine rings is 1. The molecule has 2 N–H and O–H groups in total. The number of rotatable bonds is 7. The van der Waals surface area contributed by atoms with Gasteiger partial charge in [0.1, 0.15) is 11.5 Å². The van der Waals surface area contributed by atoms with Crippen LogP contribution in [0.5, 0.6) is 0 Å². The van der Waals surface area contributed by atoms with Gasteiger partial charge in [0.05, 0.1) is 0 Å². The number of nitrogens with zero attached hydrogens (tertiary/aromatic N) is 1. The highest BCUT2D eigenvalue weighted by Gasteiger charge is 2.11. The third-order valence-corrected chi connectivity index (χ3v) is 3.40. The number of halogens is 1. The minimum atomic E-state index is -0.294. The normalized spacial score (nSPS) is 10.2. The Morgan fingerprint density at radius 2 is 1.75 bits per heavy atom. The van der Waals surface area contributed by atoms with Gasteiger partial charge in [-0.15, -0.1) is 0 Å². The maximum atomic E-state index is 12.8. The summed E-state index contributed by atoms with van der Waals surface area (Å²) in [6, 6.07) is 9.18. The first-order valence-corrected chi connectivity index (χ1v) is 7.87. The molecular formula is C18H20FN3O2. The van der Waals surface area contributed by atoms with E-state index in [0.29, 0.717) is 25.1 Å². The van der Waals surface area contributed by atoms with E-state index in [1.54, 1.807) is 18.2 Å². The van der Waals surface area contributed by atoms with E-state index in [1.807, 2.05) is 6.92 Å². The fourth-order valence-electron chi connectivity index (χ4n) is 2.10. The second kappa shape index (κ2) is 8.76. The van der Waals surface area contributed by atoms with Crippen molar-refractivity contribution in [3.8, 4) is 0 Å². The van der Waals surface area contributed by atoms with Crippen molar-refractivity contribution in [1.82, 2.24) is 15.6 Å². The molecule has 1 aromatic carbocycles. The number of nitrogens with one attached hydrogen (secondary N) is 2. The molecule has 2 rings (SSSR count). The number of carbonyl (C=O) groups is 2. The zero-order valence-electron chi connectivity index (χ0n) is 13.5. The Labute approximate surface area is 140 Å². The van der Waals surface area contributed by atoms with Crippen molar-refractivity contribution in [1.29, 1.82) is 0 Å². The largest absolute Gasteiger partial charge is 0.352 e. The first kappa shape index (κ1) is 17.6. The third-order valence-electron chi connectivity index (χ3n) is 3.40. The second-order valence-corrected chi connectivity index (χ2v) is 5.32. The van der Waals surface area contributed by atoms with Gasteiger partial charge >= 0.3 is 0 Å². The van der Waals surface area contributed by atoms with Crippen LogP contribution in [0.25, 0.3) is 0 Å². The van der Waals surface area contributed by atoms with E-state index in [4.69, 9.17) is 0 Å². The Bertz CT molecular complexity index is 702. The number of aromatic nitrogens is 1. The molecule has 0 radical (unpaired) electrons. The molecule has 0 bridgehead atoms. The predicted molar refractivity (Wildman–Crippen MR) is 89.3 cm³/mol. The molecular weight excluding hydrogens is 309 g/mol. The van der Waals surface area contributed by atoms with Crippen molar-refractivity contribution >= 4 is 11.8 Å². The first-order chi connectivity index (χ1) is 11.6. The Morgan fingerprint density at radius 3 is 2.46 bits per heavy atom. The number of benzene rings is 1. The lowest BCUT2D eigenvalue weighted by Crippen LogP contribution is -2.28. The van der Waals surface area contributed by atoms with E-state index in [1.165, 1.54) is 24.4 Å². The molecule has 24 heavy (non-hydrogen) atoms. The van der Waals surface area contributed by atoms with Gasteiger partial charge in [-0.1, -0.05) is 19.1 Å². The van der Waals surface area contributed by atoms with Gasteiger partial charge in [0, 0.05) is 24.8 Å². The molecule has 2 aromatic rings. The second-order valence-electron chi connectivity index (χ2n) is 5.32. The SMILES string of the molecule is CCCNC(=O)c1cc(C(=O)NCCc2ccc(F)cc2)ccn1. The molecule has 0 saturated carbocycles. The summed E-state index contributed by atoms with van der Waals surface area (Å²) in [5.74, 6) is -0.852. The highest BCUT2D eigenvalue weighted by Crippen LogP contribution is 2.04. The molecule has 0 aliphatic rings. The number of carbonyl (C=O) groups excluding carboxylic acids is 2. The van der Waals surface area contributed by atoms with E-state index in [-0.39, 0.29) is 23.3 Å². The van der Waals surface area contributed by atoms with Crippen LogP contribution in [-0.4, -0.2) is 29.9 Å². The Morgan fingerprint density at radius 1 is 1.04 bits per heavy atom. The molecule has 0 saturated heterocycles. The maximum absolute atomic E-state index is 12.8. The summed E-state index contributed by atoms with van der Waals surface area (Å²) in [7, 11) is 0. The molecule has 6 heteroatoms. The zero-order valence-corrected chi connectivity index (χ0v) is 13.5. The summed E-state index contributed by atoms with van der Waals surface area (Å²) in [4.78, 5) is 28.0. The van der Waals surface area contributed by atoms with Crippen molar-refractivity contribution < 1.29 is 14.0 Å². The highest BCUT2D eigenvalue weighted by molar-refractivity contribution is 5.98. The Balaban J connectivity index is 1.90. The topological polar surface area (TPSA) is 71.1 Å². The highest BCUT2D eigenvalue weighted by atomic mass is 19.1. The van der Waals surface area contributed by atoms with Crippen LogP contribution in [0.4, 0.5) is 4.39 Å². The summed E-state index contributed by atoms with van der Waals surface area (Å²) in [5, 5.41) is 5.50. The maximum Gasteiger partial charge on any atom is 0.269 e. The van der Waals surface area contributed by atoms with Crippen LogP contribution >= 0.6 is 0 Å². The number of hydrogen-bond acceptors (Lipinski definition) is 3. The molecule has 5 nitrogen and oxygen atoms in total. The van der Waals surface area contributed by atoms with Crippen LogP contribution in [0, 0.1) is 5.82 Å². The summed E-state index contributed by atoms with van der Waals surface area (Å²) in [5.41, 5.74) is 1.53. The average Bonchev–Trinajstić information content (AvgIpc) is 2.61. The minimum Gasteiger partial charge on any atom is -0.352 e. The van der Waals surface area contributed by atoms with Gasteiger partial charge in [-0.2, -0.15) is 0 Å². The van der Waals surface area contributed by atoms with Crippen LogP contribution in [0.15, 0.2) is 42.6 Å². The summed E-state index contributed by atoms with van der Waals surface area (Å²) < 4.78 is 12.8. The monoisotopic (exact) mass is 329 g/mol. The van der Waals surface area contributed by atoms with E-state index in [2.05, 4.69) is 15.6 Å². The molecule has 0 aliphatic carbocycles. The molecule has 0 aliphatic heterocycles. The predicted octanol–water partition coefficient (Wildman–Crippen LogP) is 2.33. The van der Waals surface area contributed by atoms with Crippen LogP contribution in [0.1, 0.15) is 39.8 Å². The molecule has 126 valence electrons. The minimum absolute atomic E-state index is 0.217. The van der Waals surface area contributed by atoms with Crippen LogP contribution in [0.2, 0.25) is 0 Å². The average molecular weight is 329 g/mol. The molecule has 0 fully saturated rings. The van der Waals surface area contributed by atoms with Crippen LogP contribution < -0.4 is 10.6 Å². The van der Waals surface area contributed by atoms with Gasteiger partial charge in [0.2, 0.25) is 0 Å². The lowest BCUT2D eigenvalue weighted by Gasteiger charge is -2.07. The number of hydrogen-bond donors (Lipinski definition) is 2. The molecule has 0 unspecified atom stereocenters. The van der Waals surface area contributed by atoms with E-state index in [0.717, 1.165) is 12.0 Å². The van der Waals surface area contributed by atoms with Crippen molar-refractivity contribution in [2.75, 3.05) is 13.1 Å². The summed E-state index contributed by atoms with van der Waals surface area (Å²) >= 11 is 0. The van der Waals surface area contributed by atoms with E-state index in [9.17, 15) is 14.0 Å². The van der Waals surface area contributed by atoms with Crippen molar-refractivity contribution in [3.05, 3.63) is 65.2 Å². The molecule has 0 atom stereocenters.